The highest BCUT2D eigenvalue weighted by Crippen LogP contribution is 2.19. The predicted molar refractivity (Wildman–Crippen MR) is 117 cm³/mol. The van der Waals surface area contributed by atoms with E-state index < -0.39 is 4.92 Å². The van der Waals surface area contributed by atoms with Gasteiger partial charge in [-0.25, -0.2) is 0 Å². The number of ether oxygens (including phenoxy) is 1. The zero-order chi connectivity index (χ0) is 23.1. The first kappa shape index (κ1) is 23.5. The number of nitro groups is 1. The summed E-state index contributed by atoms with van der Waals surface area (Å²) in [5.74, 6) is 0.123. The normalized spacial score (nSPS) is 16.5. The molecule has 0 N–H and O–H groups in total. The molecule has 2 aromatic rings. The summed E-state index contributed by atoms with van der Waals surface area (Å²) in [5, 5.41) is 10.9. The molecule has 1 aromatic carbocycles. The summed E-state index contributed by atoms with van der Waals surface area (Å²) in [6, 6.07) is 8.84. The quantitative estimate of drug-likeness (QED) is 0.410. The molecule has 172 valence electrons. The average Bonchev–Trinajstić information content (AvgIpc) is 3.50. The van der Waals surface area contributed by atoms with Crippen LogP contribution < -0.4 is 0 Å². The van der Waals surface area contributed by atoms with Crippen molar-refractivity contribution in [2.24, 2.45) is 0 Å². The number of amides is 2. The van der Waals surface area contributed by atoms with Crippen LogP contribution in [0.1, 0.15) is 49.2 Å². The lowest BCUT2D eigenvalue weighted by Gasteiger charge is -2.32. The first-order chi connectivity index (χ1) is 15.4. The summed E-state index contributed by atoms with van der Waals surface area (Å²) in [7, 11) is 0. The monoisotopic (exact) mass is 443 g/mol. The largest absolute Gasteiger partial charge is 0.467 e. The van der Waals surface area contributed by atoms with Gasteiger partial charge in [0.15, 0.2) is 0 Å². The Morgan fingerprint density at radius 1 is 1.25 bits per heavy atom. The second-order valence-corrected chi connectivity index (χ2v) is 7.98. The molecule has 2 amide bonds. The fraction of sp³-hybridized carbons (Fsp3) is 0.478. The molecule has 2 heterocycles. The Kier molecular flexibility index (Phi) is 7.99. The van der Waals surface area contributed by atoms with E-state index in [9.17, 15) is 19.7 Å². The highest BCUT2D eigenvalue weighted by Gasteiger charge is 2.28. The van der Waals surface area contributed by atoms with E-state index in [0.717, 1.165) is 12.8 Å². The molecule has 0 radical (unpaired) electrons. The molecule has 9 heteroatoms. The maximum absolute atomic E-state index is 13.3. The van der Waals surface area contributed by atoms with E-state index in [1.807, 2.05) is 19.9 Å². The Morgan fingerprint density at radius 3 is 2.56 bits per heavy atom. The van der Waals surface area contributed by atoms with Crippen molar-refractivity contribution >= 4 is 17.5 Å². The molecule has 1 aromatic heterocycles. The van der Waals surface area contributed by atoms with E-state index >= 15 is 0 Å². The number of hydrogen-bond acceptors (Lipinski definition) is 6. The Morgan fingerprint density at radius 2 is 2.00 bits per heavy atom. The number of carbonyl (C=O) groups excluding carboxylic acids is 2. The van der Waals surface area contributed by atoms with Gasteiger partial charge in [-0.15, -0.1) is 0 Å². The van der Waals surface area contributed by atoms with Gasteiger partial charge in [-0.1, -0.05) is 6.92 Å². The highest BCUT2D eigenvalue weighted by atomic mass is 16.6. The summed E-state index contributed by atoms with van der Waals surface area (Å²) in [6.45, 7) is 5.14. The fourth-order valence-corrected chi connectivity index (χ4v) is 3.66. The minimum absolute atomic E-state index is 0.0312. The van der Waals surface area contributed by atoms with Crippen LogP contribution in [0.3, 0.4) is 0 Å². The molecule has 1 saturated heterocycles. The summed E-state index contributed by atoms with van der Waals surface area (Å²) >= 11 is 0. The topological polar surface area (TPSA) is 106 Å². The lowest BCUT2D eigenvalue weighted by Crippen LogP contribution is -2.47. The van der Waals surface area contributed by atoms with Crippen LogP contribution in [0.5, 0.6) is 0 Å². The number of carbonyl (C=O) groups is 2. The van der Waals surface area contributed by atoms with Crippen molar-refractivity contribution in [1.82, 2.24) is 9.80 Å². The lowest BCUT2D eigenvalue weighted by atomic mass is 10.1. The zero-order valence-corrected chi connectivity index (χ0v) is 18.4. The summed E-state index contributed by atoms with van der Waals surface area (Å²) in [6.07, 6.45) is 4.05. The Bertz CT molecular complexity index is 906. The standard InChI is InChI=1S/C23H29N3O6/c1-3-17(2)25(23(28)18-8-10-19(11-9-18)26(29)30)16-22(27)24(14-20-6-4-12-31-20)15-21-7-5-13-32-21/h4,6,8-12,17,21H,3,5,7,13-16H2,1-2H3/t17-,21-/m1/s1. The van der Waals surface area contributed by atoms with Gasteiger partial charge in [-0.05, 0) is 50.5 Å². The van der Waals surface area contributed by atoms with Gasteiger partial charge >= 0.3 is 0 Å². The molecule has 0 bridgehead atoms. The highest BCUT2D eigenvalue weighted by molar-refractivity contribution is 5.97. The van der Waals surface area contributed by atoms with Crippen LogP contribution in [0.25, 0.3) is 0 Å². The van der Waals surface area contributed by atoms with Gasteiger partial charge in [0.2, 0.25) is 5.91 Å². The van der Waals surface area contributed by atoms with Crippen molar-refractivity contribution in [3.05, 3.63) is 64.1 Å². The van der Waals surface area contributed by atoms with Gasteiger partial charge in [0.25, 0.3) is 11.6 Å². The van der Waals surface area contributed by atoms with Crippen LogP contribution in [0, 0.1) is 10.1 Å². The molecule has 0 unspecified atom stereocenters. The molecule has 32 heavy (non-hydrogen) atoms. The van der Waals surface area contributed by atoms with Gasteiger partial charge in [0.05, 0.1) is 23.8 Å². The molecular formula is C23H29N3O6. The second-order valence-electron chi connectivity index (χ2n) is 7.98. The first-order valence-corrected chi connectivity index (χ1v) is 10.9. The van der Waals surface area contributed by atoms with Gasteiger partial charge in [0, 0.05) is 36.9 Å². The van der Waals surface area contributed by atoms with E-state index in [2.05, 4.69) is 0 Å². The van der Waals surface area contributed by atoms with Gasteiger partial charge < -0.3 is 19.0 Å². The molecule has 1 aliphatic rings. The second kappa shape index (κ2) is 10.9. The summed E-state index contributed by atoms with van der Waals surface area (Å²) < 4.78 is 11.1. The molecule has 1 aliphatic heterocycles. The van der Waals surface area contributed by atoms with Crippen LogP contribution >= 0.6 is 0 Å². The van der Waals surface area contributed by atoms with E-state index in [1.54, 1.807) is 17.2 Å². The number of non-ortho nitro benzene ring substituents is 1. The first-order valence-electron chi connectivity index (χ1n) is 10.9. The van der Waals surface area contributed by atoms with Crippen molar-refractivity contribution in [3.8, 4) is 0 Å². The molecule has 0 spiro atoms. The number of hydrogen-bond donors (Lipinski definition) is 0. The number of nitro benzene ring substituents is 1. The SMILES string of the molecule is CC[C@@H](C)N(CC(=O)N(Cc1ccco1)C[C@H]1CCCO1)C(=O)c1ccc([N+](=O)[O-])cc1. The number of furan rings is 1. The molecular weight excluding hydrogens is 414 g/mol. The van der Waals surface area contributed by atoms with Gasteiger partial charge in [0.1, 0.15) is 12.3 Å². The van der Waals surface area contributed by atoms with Crippen LogP contribution in [0.4, 0.5) is 5.69 Å². The van der Waals surface area contributed by atoms with Crippen molar-refractivity contribution < 1.29 is 23.7 Å². The molecule has 3 rings (SSSR count). The Hall–Kier alpha value is -3.20. The van der Waals surface area contributed by atoms with Crippen molar-refractivity contribution in [3.63, 3.8) is 0 Å². The number of benzene rings is 1. The van der Waals surface area contributed by atoms with Gasteiger partial charge in [-0.3, -0.25) is 19.7 Å². The molecule has 2 atom stereocenters. The number of nitrogens with zero attached hydrogens (tertiary/aromatic N) is 3. The maximum Gasteiger partial charge on any atom is 0.269 e. The summed E-state index contributed by atoms with van der Waals surface area (Å²) in [5.41, 5.74) is 0.217. The van der Waals surface area contributed by atoms with Crippen LogP contribution in [-0.2, 0) is 16.1 Å². The molecule has 0 aliphatic carbocycles. The van der Waals surface area contributed by atoms with Crippen LogP contribution in [-0.4, -0.2) is 58.4 Å². The van der Waals surface area contributed by atoms with Crippen molar-refractivity contribution in [2.45, 2.75) is 51.8 Å². The Balaban J connectivity index is 1.77. The Labute approximate surface area is 187 Å². The lowest BCUT2D eigenvalue weighted by molar-refractivity contribution is -0.384. The maximum atomic E-state index is 13.3. The molecule has 9 nitrogen and oxygen atoms in total. The molecule has 1 fully saturated rings. The van der Waals surface area contributed by atoms with E-state index in [1.165, 1.54) is 29.2 Å². The van der Waals surface area contributed by atoms with Crippen molar-refractivity contribution in [1.29, 1.82) is 0 Å². The summed E-state index contributed by atoms with van der Waals surface area (Å²) in [4.78, 5) is 40.1. The van der Waals surface area contributed by atoms with Crippen LogP contribution in [0.15, 0.2) is 47.1 Å². The molecule has 0 saturated carbocycles. The van der Waals surface area contributed by atoms with Crippen molar-refractivity contribution in [2.75, 3.05) is 19.7 Å². The fourth-order valence-electron chi connectivity index (χ4n) is 3.66. The zero-order valence-electron chi connectivity index (χ0n) is 18.4. The predicted octanol–water partition coefficient (Wildman–Crippen LogP) is 3.64. The third-order valence-corrected chi connectivity index (χ3v) is 5.74. The average molecular weight is 444 g/mol. The smallest absolute Gasteiger partial charge is 0.269 e. The third-order valence-electron chi connectivity index (χ3n) is 5.74. The minimum atomic E-state index is -0.512. The third kappa shape index (κ3) is 5.94. The minimum Gasteiger partial charge on any atom is -0.467 e. The number of rotatable bonds is 10. The van der Waals surface area contributed by atoms with E-state index in [0.29, 0.717) is 37.4 Å². The van der Waals surface area contributed by atoms with Crippen LogP contribution in [0.2, 0.25) is 0 Å². The van der Waals surface area contributed by atoms with Gasteiger partial charge in [-0.2, -0.15) is 0 Å². The van der Waals surface area contributed by atoms with E-state index in [-0.39, 0.29) is 36.2 Å². The van der Waals surface area contributed by atoms with E-state index in [4.69, 9.17) is 9.15 Å².